The molecule has 434 valence electrons. The summed E-state index contributed by atoms with van der Waals surface area (Å²) in [6, 6.07) is 22.3. The third-order valence-corrected chi connectivity index (χ3v) is 15.6. The molecule has 4 aromatic carbocycles. The minimum atomic E-state index is -0.966. The normalized spacial score (nSPS) is 20.0. The highest BCUT2D eigenvalue weighted by molar-refractivity contribution is 5.98. The number of carbonyl (C=O) groups excluding carboxylic acids is 8. The van der Waals surface area contributed by atoms with Gasteiger partial charge < -0.3 is 51.8 Å². The molecule has 1 fully saturated rings. The van der Waals surface area contributed by atoms with E-state index in [4.69, 9.17) is 4.74 Å². The molecule has 2 aliphatic carbocycles. The Bertz CT molecular complexity index is 2950. The highest BCUT2D eigenvalue weighted by Gasteiger charge is 2.47. The Morgan fingerprint density at radius 3 is 1.59 bits per heavy atom. The summed E-state index contributed by atoms with van der Waals surface area (Å²) in [4.78, 5) is 115. The number of hydrogen-bond acceptors (Lipinski definition) is 11. The lowest BCUT2D eigenvalue weighted by Gasteiger charge is -2.41. The van der Waals surface area contributed by atoms with E-state index in [0.29, 0.717) is 5.56 Å². The molecule has 7 atom stereocenters. The first-order valence-corrected chi connectivity index (χ1v) is 28.6. The molecule has 0 aromatic heterocycles. The predicted molar refractivity (Wildman–Crippen MR) is 310 cm³/mol. The number of amides is 7. The van der Waals surface area contributed by atoms with E-state index in [9.17, 15) is 38.4 Å². The number of rotatable bonds is 16. The van der Waals surface area contributed by atoms with Gasteiger partial charge in [0, 0.05) is 31.1 Å². The lowest BCUT2D eigenvalue weighted by atomic mass is 9.84. The zero-order chi connectivity index (χ0) is 58.8. The number of benzene rings is 4. The second kappa shape index (κ2) is 26.9. The first-order valence-electron chi connectivity index (χ1n) is 28.6. The highest BCUT2D eigenvalue weighted by atomic mass is 16.5. The van der Waals surface area contributed by atoms with E-state index in [1.807, 2.05) is 91.8 Å². The van der Waals surface area contributed by atoms with E-state index in [0.717, 1.165) is 55.2 Å². The van der Waals surface area contributed by atoms with E-state index >= 15 is 0 Å². The van der Waals surface area contributed by atoms with Gasteiger partial charge in [0.25, 0.3) is 5.91 Å². The molecule has 81 heavy (non-hydrogen) atoms. The maximum atomic E-state index is 14.8. The molecular weight excluding hydrogens is 1030 g/mol. The zero-order valence-corrected chi connectivity index (χ0v) is 48.8. The summed E-state index contributed by atoms with van der Waals surface area (Å²) in [7, 11) is 3.28. The standard InChI is InChI=1S/C61H77N9O9.C2H6/c1-60(2,3)52(67-50(71)32-62-7)57(76)69-34-41-29-43(28-27-40(41)30-48(69)55(74)65-46-21-13-17-36-15-9-11-19-44(36)46)79-59(78)39-25-23-38(24-26-39)54(73)64-42-31-49(56(75)66-47-22-14-18-37-16-10-12-20-45(37)47)70(35-42)58(77)53(61(4,5)6)68-51(72)33-63-8;1-2/h9-12,15-16,19-20,23-29,42,46-49,52-53,62-63H,13-14,17-18,21-22,30-35H2,1-8H3,(H,64,73)(H,65,74)(H,66,75)(H,67,71)(H,68,72);1-2H3. The van der Waals surface area contributed by atoms with Gasteiger partial charge in [-0.05, 0) is 140 Å². The van der Waals surface area contributed by atoms with Gasteiger partial charge in [0.05, 0.1) is 30.7 Å². The highest BCUT2D eigenvalue weighted by Crippen LogP contribution is 2.35. The quantitative estimate of drug-likeness (QED) is 0.0525. The number of esters is 1. The third-order valence-electron chi connectivity index (χ3n) is 15.6. The number of likely N-dealkylation sites (N-methyl/N-ethyl adjacent to an activating group) is 2. The minimum absolute atomic E-state index is 0.000412. The van der Waals surface area contributed by atoms with E-state index in [1.165, 1.54) is 45.2 Å². The van der Waals surface area contributed by atoms with Gasteiger partial charge in [0.15, 0.2) is 0 Å². The lowest BCUT2D eigenvalue weighted by molar-refractivity contribution is -0.147. The van der Waals surface area contributed by atoms with Crippen LogP contribution in [0, 0.1) is 10.8 Å². The number of hydrogen-bond donors (Lipinski definition) is 7. The van der Waals surface area contributed by atoms with Crippen molar-refractivity contribution in [3.05, 3.63) is 136 Å². The van der Waals surface area contributed by atoms with Crippen LogP contribution in [0.25, 0.3) is 0 Å². The molecular formula is C63H83N9O9. The van der Waals surface area contributed by atoms with Gasteiger partial charge in [-0.25, -0.2) is 4.79 Å². The van der Waals surface area contributed by atoms with E-state index < -0.39 is 64.7 Å². The van der Waals surface area contributed by atoms with Crippen LogP contribution in [-0.2, 0) is 54.6 Å². The fourth-order valence-electron chi connectivity index (χ4n) is 11.4. The molecule has 4 aromatic rings. The fourth-order valence-corrected chi connectivity index (χ4v) is 11.4. The van der Waals surface area contributed by atoms with Crippen molar-refractivity contribution in [2.45, 2.75) is 156 Å². The van der Waals surface area contributed by atoms with Crippen molar-refractivity contribution in [2.24, 2.45) is 10.8 Å². The first-order chi connectivity index (χ1) is 38.6. The molecule has 1 saturated heterocycles. The summed E-state index contributed by atoms with van der Waals surface area (Å²) >= 11 is 0. The Hall–Kier alpha value is -7.44. The van der Waals surface area contributed by atoms with Crippen molar-refractivity contribution in [3.63, 3.8) is 0 Å². The maximum absolute atomic E-state index is 14.8. The fraction of sp³-hybridized carbons (Fsp3) is 0.492. The SMILES string of the molecule is CC.CNCC(=O)NC(C(=O)N1Cc2cc(OC(=O)c3ccc(C(=O)NC4CC(C(=O)NC5CCCc6ccccc65)N(C(=O)C(NC(=O)CNC)C(C)(C)C)C4)cc3)ccc2CC1C(=O)NC1CCCc2ccccc21)C(C)(C)C. The molecule has 0 saturated carbocycles. The number of carbonyl (C=O) groups is 8. The molecule has 7 unspecified atom stereocenters. The summed E-state index contributed by atoms with van der Waals surface area (Å²) in [5.41, 5.74) is 4.88. The smallest absolute Gasteiger partial charge is 0.343 e. The second-order valence-electron chi connectivity index (χ2n) is 23.6. The maximum Gasteiger partial charge on any atom is 0.343 e. The second-order valence-corrected chi connectivity index (χ2v) is 23.6. The molecule has 0 spiro atoms. The number of fused-ring (bicyclic) bond motifs is 3. The average molecular weight is 1110 g/mol. The van der Waals surface area contributed by atoms with Crippen molar-refractivity contribution in [1.82, 2.24) is 47.0 Å². The summed E-state index contributed by atoms with van der Waals surface area (Å²) in [5, 5.41) is 20.9. The molecule has 7 amide bonds. The number of nitrogens with zero attached hydrogens (tertiary/aromatic N) is 2. The molecule has 0 bridgehead atoms. The van der Waals surface area contributed by atoms with Gasteiger partial charge in [-0.15, -0.1) is 0 Å². The molecule has 8 rings (SSSR count). The van der Waals surface area contributed by atoms with Crippen molar-refractivity contribution >= 4 is 47.3 Å². The average Bonchev–Trinajstić information content (AvgIpc) is 4.14. The first kappa shape index (κ1) is 61.2. The lowest BCUT2D eigenvalue weighted by Crippen LogP contribution is -2.61. The molecule has 18 nitrogen and oxygen atoms in total. The van der Waals surface area contributed by atoms with E-state index in [2.05, 4.69) is 49.4 Å². The number of nitrogens with one attached hydrogen (secondary N) is 7. The Morgan fingerprint density at radius 2 is 1.07 bits per heavy atom. The van der Waals surface area contributed by atoms with Gasteiger partial charge >= 0.3 is 5.97 Å². The Kier molecular flexibility index (Phi) is 20.3. The van der Waals surface area contributed by atoms with Crippen LogP contribution in [0.1, 0.15) is 154 Å². The minimum Gasteiger partial charge on any atom is -0.423 e. The van der Waals surface area contributed by atoms with Gasteiger partial charge in [0.2, 0.25) is 35.4 Å². The topological polar surface area (TPSA) is 236 Å². The van der Waals surface area contributed by atoms with Crippen molar-refractivity contribution < 1.29 is 43.1 Å². The summed E-state index contributed by atoms with van der Waals surface area (Å²) in [6.07, 6.45) is 5.45. The predicted octanol–water partition coefficient (Wildman–Crippen LogP) is 5.77. The molecule has 4 aliphatic rings. The molecule has 18 heteroatoms. The monoisotopic (exact) mass is 1110 g/mol. The summed E-state index contributed by atoms with van der Waals surface area (Å²) < 4.78 is 5.89. The van der Waals surface area contributed by atoms with Crippen LogP contribution >= 0.6 is 0 Å². The Labute approximate surface area is 477 Å². The van der Waals surface area contributed by atoms with Crippen LogP contribution in [-0.4, -0.2) is 121 Å². The van der Waals surface area contributed by atoms with Crippen LogP contribution in [0.5, 0.6) is 5.75 Å². The van der Waals surface area contributed by atoms with Crippen molar-refractivity contribution in [1.29, 1.82) is 0 Å². The Morgan fingerprint density at radius 1 is 0.580 bits per heavy atom. The van der Waals surface area contributed by atoms with Crippen LogP contribution in [0.2, 0.25) is 0 Å². The zero-order valence-electron chi connectivity index (χ0n) is 48.8. The molecule has 2 aliphatic heterocycles. The molecule has 0 radical (unpaired) electrons. The number of aryl methyl sites for hydroxylation is 2. The number of ether oxygens (including phenoxy) is 1. The van der Waals surface area contributed by atoms with Gasteiger partial charge in [-0.3, -0.25) is 33.6 Å². The summed E-state index contributed by atoms with van der Waals surface area (Å²) in [6.45, 7) is 15.1. The third kappa shape index (κ3) is 14.9. The van der Waals surface area contributed by atoms with Crippen LogP contribution in [0.3, 0.4) is 0 Å². The van der Waals surface area contributed by atoms with Gasteiger partial charge in [-0.2, -0.15) is 0 Å². The van der Waals surface area contributed by atoms with E-state index in [-0.39, 0.29) is 91.6 Å². The van der Waals surface area contributed by atoms with Gasteiger partial charge in [0.1, 0.15) is 29.9 Å². The molecule has 7 N–H and O–H groups in total. The molecule has 2 heterocycles. The van der Waals surface area contributed by atoms with Crippen LogP contribution in [0.15, 0.2) is 91.0 Å². The van der Waals surface area contributed by atoms with Crippen molar-refractivity contribution in [2.75, 3.05) is 33.7 Å². The number of likely N-dealkylation sites (tertiary alicyclic amines) is 1. The van der Waals surface area contributed by atoms with Crippen LogP contribution < -0.4 is 42.0 Å². The Balaban J connectivity index is 0.00000468. The van der Waals surface area contributed by atoms with Crippen molar-refractivity contribution in [3.8, 4) is 5.75 Å². The largest absolute Gasteiger partial charge is 0.423 e. The van der Waals surface area contributed by atoms with E-state index in [1.54, 1.807) is 32.3 Å². The summed E-state index contributed by atoms with van der Waals surface area (Å²) in [5.74, 6) is -3.19. The van der Waals surface area contributed by atoms with Crippen LogP contribution in [0.4, 0.5) is 0 Å². The van der Waals surface area contributed by atoms with Gasteiger partial charge in [-0.1, -0.05) is 110 Å².